The summed E-state index contributed by atoms with van der Waals surface area (Å²) in [5, 5.41) is 1.45. The van der Waals surface area contributed by atoms with Gasteiger partial charge in [-0.3, -0.25) is 4.55 Å². The minimum absolute atomic E-state index is 0.0864. The second-order valence-corrected chi connectivity index (χ2v) is 10.3. The third-order valence-electron chi connectivity index (χ3n) is 6.18. The number of allylic oxidation sites excluding steroid dienone is 2. The van der Waals surface area contributed by atoms with Crippen LogP contribution in [0.25, 0.3) is 10.8 Å². The molecule has 4 heteroatoms. The second kappa shape index (κ2) is 15.2. The molecule has 2 rings (SSSR count). The Morgan fingerprint density at radius 3 is 1.91 bits per heavy atom. The van der Waals surface area contributed by atoms with Gasteiger partial charge in [-0.1, -0.05) is 113 Å². The summed E-state index contributed by atoms with van der Waals surface area (Å²) in [6.45, 7) is 2.26. The van der Waals surface area contributed by atoms with Crippen molar-refractivity contribution in [3.8, 4) is 0 Å². The Kier molecular flexibility index (Phi) is 12.7. The maximum atomic E-state index is 12.0. The zero-order valence-corrected chi connectivity index (χ0v) is 20.7. The van der Waals surface area contributed by atoms with Crippen LogP contribution in [0.5, 0.6) is 0 Å². The molecule has 2 aromatic rings. The highest BCUT2D eigenvalue weighted by atomic mass is 32.2. The van der Waals surface area contributed by atoms with Gasteiger partial charge in [0.15, 0.2) is 0 Å². The Bertz CT molecular complexity index is 915. The molecule has 0 spiro atoms. The molecule has 0 fully saturated rings. The van der Waals surface area contributed by atoms with Gasteiger partial charge in [0.05, 0.1) is 0 Å². The number of fused-ring (bicyclic) bond motifs is 1. The van der Waals surface area contributed by atoms with E-state index in [9.17, 15) is 13.0 Å². The van der Waals surface area contributed by atoms with E-state index in [1.807, 2.05) is 30.3 Å². The van der Waals surface area contributed by atoms with E-state index in [1.165, 1.54) is 77.0 Å². The zero-order valence-electron chi connectivity index (χ0n) is 19.9. The molecule has 0 aliphatic rings. The molecule has 0 radical (unpaired) electrons. The van der Waals surface area contributed by atoms with E-state index < -0.39 is 10.1 Å². The van der Waals surface area contributed by atoms with Gasteiger partial charge >= 0.3 is 0 Å². The van der Waals surface area contributed by atoms with Gasteiger partial charge in [-0.05, 0) is 49.5 Å². The second-order valence-electron chi connectivity index (χ2n) is 8.94. The smallest absolute Gasteiger partial charge is 0.282 e. The number of hydrogen-bond acceptors (Lipinski definition) is 2. The predicted molar refractivity (Wildman–Crippen MR) is 137 cm³/mol. The van der Waals surface area contributed by atoms with E-state index in [0.29, 0.717) is 11.8 Å². The number of benzene rings is 2. The molecule has 2 aromatic carbocycles. The van der Waals surface area contributed by atoms with Crippen LogP contribution in [-0.2, 0) is 16.5 Å². The first-order chi connectivity index (χ1) is 15.5. The maximum Gasteiger partial charge on any atom is 0.295 e. The summed E-state index contributed by atoms with van der Waals surface area (Å²) >= 11 is 0. The van der Waals surface area contributed by atoms with Crippen molar-refractivity contribution in [2.75, 3.05) is 0 Å². The Morgan fingerprint density at radius 2 is 1.28 bits per heavy atom. The van der Waals surface area contributed by atoms with Gasteiger partial charge in [0.2, 0.25) is 0 Å². The van der Waals surface area contributed by atoms with Gasteiger partial charge in [0, 0.05) is 5.39 Å². The molecule has 0 unspecified atom stereocenters. The lowest BCUT2D eigenvalue weighted by molar-refractivity contribution is 0.482. The number of aryl methyl sites for hydroxylation is 1. The summed E-state index contributed by atoms with van der Waals surface area (Å²) in [7, 11) is -4.24. The van der Waals surface area contributed by atoms with Gasteiger partial charge in [-0.2, -0.15) is 8.42 Å². The molecule has 0 atom stereocenters. The maximum absolute atomic E-state index is 12.0. The Labute approximate surface area is 196 Å². The van der Waals surface area contributed by atoms with Crippen LogP contribution in [0.1, 0.15) is 102 Å². The first-order valence-corrected chi connectivity index (χ1v) is 14.1. The Morgan fingerprint density at radius 1 is 0.719 bits per heavy atom. The summed E-state index contributed by atoms with van der Waals surface area (Å²) in [5.74, 6) is 0. The topological polar surface area (TPSA) is 54.4 Å². The SMILES string of the molecule is CCCCCCCC/C=C\CCCCCCCCc1ccc2ccccc2c1S(=O)(=O)O. The first kappa shape index (κ1) is 26.6. The highest BCUT2D eigenvalue weighted by molar-refractivity contribution is 7.86. The van der Waals surface area contributed by atoms with E-state index in [-0.39, 0.29) is 4.90 Å². The largest absolute Gasteiger partial charge is 0.295 e. The first-order valence-electron chi connectivity index (χ1n) is 12.7. The molecular formula is C28H42O3S. The molecule has 0 amide bonds. The van der Waals surface area contributed by atoms with Crippen LogP contribution in [-0.4, -0.2) is 13.0 Å². The molecule has 1 N–H and O–H groups in total. The van der Waals surface area contributed by atoms with Crippen LogP contribution >= 0.6 is 0 Å². The molecule has 3 nitrogen and oxygen atoms in total. The minimum atomic E-state index is -4.24. The van der Waals surface area contributed by atoms with Crippen molar-refractivity contribution in [3.63, 3.8) is 0 Å². The van der Waals surface area contributed by atoms with E-state index in [4.69, 9.17) is 0 Å². The fourth-order valence-electron chi connectivity index (χ4n) is 4.35. The molecular weight excluding hydrogens is 416 g/mol. The van der Waals surface area contributed by atoms with Crippen molar-refractivity contribution in [1.29, 1.82) is 0 Å². The average molecular weight is 459 g/mol. The number of hydrogen-bond donors (Lipinski definition) is 1. The summed E-state index contributed by atoms with van der Waals surface area (Å²) < 4.78 is 33.7. The van der Waals surface area contributed by atoms with Crippen LogP contribution in [0.2, 0.25) is 0 Å². The third kappa shape index (κ3) is 9.87. The van der Waals surface area contributed by atoms with Crippen LogP contribution in [0.3, 0.4) is 0 Å². The van der Waals surface area contributed by atoms with Crippen molar-refractivity contribution in [2.24, 2.45) is 0 Å². The molecule has 0 aromatic heterocycles. The van der Waals surface area contributed by atoms with Crippen LogP contribution in [0, 0.1) is 0 Å². The fourth-order valence-corrected chi connectivity index (χ4v) is 5.32. The van der Waals surface area contributed by atoms with E-state index in [0.717, 1.165) is 23.8 Å². The monoisotopic (exact) mass is 458 g/mol. The molecule has 0 aliphatic heterocycles. The van der Waals surface area contributed by atoms with E-state index in [1.54, 1.807) is 6.07 Å². The van der Waals surface area contributed by atoms with Crippen molar-refractivity contribution < 1.29 is 13.0 Å². The highest BCUT2D eigenvalue weighted by Gasteiger charge is 2.18. The van der Waals surface area contributed by atoms with Crippen molar-refractivity contribution >= 4 is 20.9 Å². The van der Waals surface area contributed by atoms with E-state index >= 15 is 0 Å². The van der Waals surface area contributed by atoms with Crippen LogP contribution < -0.4 is 0 Å². The van der Waals surface area contributed by atoms with Gasteiger partial charge < -0.3 is 0 Å². The predicted octanol–water partition coefficient (Wildman–Crippen LogP) is 8.67. The van der Waals surface area contributed by atoms with Crippen LogP contribution in [0.15, 0.2) is 53.4 Å². The lowest BCUT2D eigenvalue weighted by atomic mass is 10.0. The summed E-state index contributed by atoms with van der Waals surface area (Å²) in [5.41, 5.74) is 0.724. The lowest BCUT2D eigenvalue weighted by Crippen LogP contribution is -2.04. The molecule has 178 valence electrons. The molecule has 0 heterocycles. The minimum Gasteiger partial charge on any atom is -0.282 e. The van der Waals surface area contributed by atoms with Gasteiger partial charge in [0.25, 0.3) is 10.1 Å². The fraction of sp³-hybridized carbons (Fsp3) is 0.571. The lowest BCUT2D eigenvalue weighted by Gasteiger charge is -2.11. The summed E-state index contributed by atoms with van der Waals surface area (Å²) in [4.78, 5) is 0.0864. The van der Waals surface area contributed by atoms with E-state index in [2.05, 4.69) is 19.1 Å². The Hall–Kier alpha value is -1.65. The normalized spacial score (nSPS) is 12.2. The third-order valence-corrected chi connectivity index (χ3v) is 7.18. The van der Waals surface area contributed by atoms with Crippen molar-refractivity contribution in [2.45, 2.75) is 108 Å². The molecule has 32 heavy (non-hydrogen) atoms. The number of rotatable bonds is 17. The standard InChI is InChI=1S/C28H42O3S/c1-2-3-4-5-6-7-8-9-10-11-12-13-14-15-16-17-21-26-24-23-25-20-18-19-22-27(25)28(26)32(29,30)31/h9-10,18-20,22-24H,2-8,11-17,21H2,1H3,(H,29,30,31)/b10-9-. The Balaban J connectivity index is 1.58. The quantitative estimate of drug-likeness (QED) is 0.146. The zero-order chi connectivity index (χ0) is 23.1. The molecule has 0 aliphatic carbocycles. The molecule has 0 saturated heterocycles. The summed E-state index contributed by atoms with van der Waals surface area (Å²) in [6, 6.07) is 11.1. The molecule has 0 bridgehead atoms. The van der Waals surface area contributed by atoms with Crippen molar-refractivity contribution in [3.05, 3.63) is 54.1 Å². The van der Waals surface area contributed by atoms with Gasteiger partial charge in [-0.15, -0.1) is 0 Å². The summed E-state index contributed by atoms with van der Waals surface area (Å²) in [6.07, 6.45) is 22.9. The number of unbranched alkanes of at least 4 members (excludes halogenated alkanes) is 12. The van der Waals surface area contributed by atoms with Gasteiger partial charge in [0.1, 0.15) is 4.90 Å². The van der Waals surface area contributed by atoms with Crippen molar-refractivity contribution in [1.82, 2.24) is 0 Å². The highest BCUT2D eigenvalue weighted by Crippen LogP contribution is 2.28. The van der Waals surface area contributed by atoms with Gasteiger partial charge in [-0.25, -0.2) is 0 Å². The van der Waals surface area contributed by atoms with Crippen LogP contribution in [0.4, 0.5) is 0 Å². The molecule has 0 saturated carbocycles. The average Bonchev–Trinajstić information content (AvgIpc) is 2.77.